The Kier molecular flexibility index (Phi) is 3.76. The molecule has 1 aromatic rings. The molecule has 92 valence electrons. The molecule has 0 unspecified atom stereocenters. The molecule has 1 heterocycles. The van der Waals surface area contributed by atoms with Gasteiger partial charge in [-0.05, 0) is 18.2 Å². The summed E-state index contributed by atoms with van der Waals surface area (Å²) < 4.78 is 13.8. The Morgan fingerprint density at radius 2 is 1.89 bits per heavy atom. The van der Waals surface area contributed by atoms with Gasteiger partial charge in [0.15, 0.2) is 0 Å². The van der Waals surface area contributed by atoms with Crippen LogP contribution in [0, 0.1) is 28.5 Å². The fourth-order valence-corrected chi connectivity index (χ4v) is 2.08. The van der Waals surface area contributed by atoms with E-state index in [2.05, 4.69) is 6.07 Å². The number of benzene rings is 1. The highest BCUT2D eigenvalue weighted by Gasteiger charge is 2.19. The van der Waals surface area contributed by atoms with E-state index in [0.717, 1.165) is 13.1 Å². The second-order valence-electron chi connectivity index (χ2n) is 4.20. The number of piperazine rings is 1. The van der Waals surface area contributed by atoms with E-state index in [1.807, 2.05) is 15.9 Å². The molecule has 2 rings (SSSR count). The molecule has 1 aliphatic rings. The van der Waals surface area contributed by atoms with E-state index in [9.17, 15) is 4.39 Å². The third-order valence-corrected chi connectivity index (χ3v) is 3.08. The predicted molar refractivity (Wildman–Crippen MR) is 65.4 cm³/mol. The Hall–Kier alpha value is -2.11. The van der Waals surface area contributed by atoms with E-state index in [1.54, 1.807) is 12.1 Å². The Morgan fingerprint density at radius 3 is 2.44 bits per heavy atom. The lowest BCUT2D eigenvalue weighted by Crippen LogP contribution is -2.46. The molecule has 0 saturated carbocycles. The van der Waals surface area contributed by atoms with Crippen molar-refractivity contribution in [3.63, 3.8) is 0 Å². The molecule has 0 atom stereocenters. The Morgan fingerprint density at radius 1 is 1.17 bits per heavy atom. The van der Waals surface area contributed by atoms with Gasteiger partial charge in [-0.2, -0.15) is 10.5 Å². The summed E-state index contributed by atoms with van der Waals surface area (Å²) in [5.74, 6) is -0.359. The molecule has 1 saturated heterocycles. The second kappa shape index (κ2) is 5.48. The summed E-state index contributed by atoms with van der Waals surface area (Å²) in [4.78, 5) is 3.99. The summed E-state index contributed by atoms with van der Waals surface area (Å²) in [7, 11) is 0. The zero-order valence-electron chi connectivity index (χ0n) is 9.93. The van der Waals surface area contributed by atoms with Crippen molar-refractivity contribution in [3.05, 3.63) is 29.6 Å². The zero-order valence-corrected chi connectivity index (χ0v) is 9.93. The van der Waals surface area contributed by atoms with Crippen LogP contribution in [0.3, 0.4) is 0 Å². The highest BCUT2D eigenvalue weighted by atomic mass is 19.1. The van der Waals surface area contributed by atoms with Gasteiger partial charge >= 0.3 is 0 Å². The van der Waals surface area contributed by atoms with Crippen LogP contribution in [0.15, 0.2) is 18.2 Å². The Balaban J connectivity index is 2.06. The number of hydrogen-bond acceptors (Lipinski definition) is 4. The molecular formula is C13H13FN4. The van der Waals surface area contributed by atoms with Crippen molar-refractivity contribution >= 4 is 5.69 Å². The normalized spacial score (nSPS) is 16.1. The molecule has 0 aromatic heterocycles. The summed E-state index contributed by atoms with van der Waals surface area (Å²) in [6, 6.07) is 8.57. The highest BCUT2D eigenvalue weighted by molar-refractivity contribution is 5.51. The number of rotatable bonds is 2. The third kappa shape index (κ3) is 2.58. The van der Waals surface area contributed by atoms with Crippen molar-refractivity contribution in [2.24, 2.45) is 0 Å². The van der Waals surface area contributed by atoms with E-state index in [1.165, 1.54) is 6.07 Å². The van der Waals surface area contributed by atoms with Gasteiger partial charge in [-0.25, -0.2) is 4.39 Å². The van der Waals surface area contributed by atoms with Crippen LogP contribution in [0.1, 0.15) is 5.56 Å². The van der Waals surface area contributed by atoms with Crippen molar-refractivity contribution < 1.29 is 4.39 Å². The van der Waals surface area contributed by atoms with Crippen molar-refractivity contribution in [1.82, 2.24) is 4.90 Å². The average molecular weight is 244 g/mol. The molecule has 4 nitrogen and oxygen atoms in total. The molecule has 1 fully saturated rings. The highest BCUT2D eigenvalue weighted by Crippen LogP contribution is 2.21. The summed E-state index contributed by atoms with van der Waals surface area (Å²) in [5.41, 5.74) is 0.866. The molecule has 0 spiro atoms. The van der Waals surface area contributed by atoms with Crippen LogP contribution in [0.5, 0.6) is 0 Å². The van der Waals surface area contributed by atoms with Crippen molar-refractivity contribution in [3.8, 4) is 12.1 Å². The van der Waals surface area contributed by atoms with Gasteiger partial charge in [0.05, 0.1) is 29.9 Å². The number of nitrogens with zero attached hydrogens (tertiary/aromatic N) is 4. The first-order valence-corrected chi connectivity index (χ1v) is 5.78. The molecular weight excluding hydrogens is 231 g/mol. The zero-order chi connectivity index (χ0) is 13.0. The smallest absolute Gasteiger partial charge is 0.147 e. The van der Waals surface area contributed by atoms with Gasteiger partial charge in [0.1, 0.15) is 5.82 Å². The summed E-state index contributed by atoms with van der Waals surface area (Å²) in [6.45, 7) is 3.33. The van der Waals surface area contributed by atoms with Crippen LogP contribution < -0.4 is 4.90 Å². The van der Waals surface area contributed by atoms with Crippen molar-refractivity contribution in [1.29, 1.82) is 10.5 Å². The minimum atomic E-state index is -0.359. The van der Waals surface area contributed by atoms with Gasteiger partial charge in [-0.1, -0.05) is 0 Å². The minimum absolute atomic E-state index is 0.333. The van der Waals surface area contributed by atoms with E-state index in [0.29, 0.717) is 30.9 Å². The molecule has 5 heteroatoms. The van der Waals surface area contributed by atoms with Crippen LogP contribution in [-0.4, -0.2) is 37.6 Å². The van der Waals surface area contributed by atoms with Crippen LogP contribution in [0.2, 0.25) is 0 Å². The van der Waals surface area contributed by atoms with E-state index >= 15 is 0 Å². The fraction of sp³-hybridized carbons (Fsp3) is 0.385. The predicted octanol–water partition coefficient (Wildman–Crippen LogP) is 1.34. The van der Waals surface area contributed by atoms with Gasteiger partial charge in [-0.15, -0.1) is 0 Å². The molecule has 1 aromatic carbocycles. The number of anilines is 1. The van der Waals surface area contributed by atoms with E-state index < -0.39 is 0 Å². The Bertz CT molecular complexity index is 507. The Labute approximate surface area is 105 Å². The lowest BCUT2D eigenvalue weighted by Gasteiger charge is -2.35. The molecule has 0 N–H and O–H groups in total. The minimum Gasteiger partial charge on any atom is -0.367 e. The monoisotopic (exact) mass is 244 g/mol. The van der Waals surface area contributed by atoms with Gasteiger partial charge in [0.25, 0.3) is 0 Å². The molecule has 0 radical (unpaired) electrons. The van der Waals surface area contributed by atoms with E-state index in [4.69, 9.17) is 10.5 Å². The lowest BCUT2D eigenvalue weighted by atomic mass is 10.2. The summed E-state index contributed by atoms with van der Waals surface area (Å²) in [5, 5.41) is 17.3. The van der Waals surface area contributed by atoms with Crippen LogP contribution in [0.25, 0.3) is 0 Å². The average Bonchev–Trinajstić information content (AvgIpc) is 2.40. The van der Waals surface area contributed by atoms with Crippen LogP contribution >= 0.6 is 0 Å². The van der Waals surface area contributed by atoms with Gasteiger partial charge < -0.3 is 4.90 Å². The third-order valence-electron chi connectivity index (χ3n) is 3.08. The SMILES string of the molecule is N#CCN1CCN(c2ccc(C#N)cc2F)CC1. The molecule has 0 amide bonds. The molecule has 1 aliphatic heterocycles. The maximum Gasteiger partial charge on any atom is 0.147 e. The van der Waals surface area contributed by atoms with Crippen LogP contribution in [-0.2, 0) is 0 Å². The standard InChI is InChI=1S/C13H13FN4/c14-12-9-11(10-16)1-2-13(12)18-7-5-17(4-3-15)6-8-18/h1-2,9H,4-8H2. The first kappa shape index (κ1) is 12.3. The molecule has 0 bridgehead atoms. The first-order chi connectivity index (χ1) is 8.74. The van der Waals surface area contributed by atoms with E-state index in [-0.39, 0.29) is 5.82 Å². The maximum atomic E-state index is 13.8. The number of nitriles is 2. The quantitative estimate of drug-likeness (QED) is 0.737. The number of hydrogen-bond donors (Lipinski definition) is 0. The summed E-state index contributed by atoms with van der Waals surface area (Å²) in [6.07, 6.45) is 0. The largest absolute Gasteiger partial charge is 0.367 e. The summed E-state index contributed by atoms with van der Waals surface area (Å²) >= 11 is 0. The van der Waals surface area contributed by atoms with Crippen LogP contribution in [0.4, 0.5) is 10.1 Å². The van der Waals surface area contributed by atoms with Gasteiger partial charge in [0, 0.05) is 26.2 Å². The fourth-order valence-electron chi connectivity index (χ4n) is 2.08. The molecule has 0 aliphatic carbocycles. The first-order valence-electron chi connectivity index (χ1n) is 5.78. The second-order valence-corrected chi connectivity index (χ2v) is 4.20. The molecule has 18 heavy (non-hydrogen) atoms. The maximum absolute atomic E-state index is 13.8. The topological polar surface area (TPSA) is 54.1 Å². The van der Waals surface area contributed by atoms with Crippen molar-refractivity contribution in [2.45, 2.75) is 0 Å². The number of halogens is 1. The van der Waals surface area contributed by atoms with Crippen molar-refractivity contribution in [2.75, 3.05) is 37.6 Å². The van der Waals surface area contributed by atoms with Gasteiger partial charge in [0.2, 0.25) is 0 Å². The lowest BCUT2D eigenvalue weighted by molar-refractivity contribution is 0.286. The van der Waals surface area contributed by atoms with Gasteiger partial charge in [-0.3, -0.25) is 4.90 Å².